The molecular weight excluding hydrogens is 809 g/mol. The lowest BCUT2D eigenvalue weighted by Gasteiger charge is -2.26. The molecule has 6 heterocycles. The summed E-state index contributed by atoms with van der Waals surface area (Å²) >= 11 is 3.46. The van der Waals surface area contributed by atoms with E-state index in [2.05, 4.69) is 94.4 Å². The van der Waals surface area contributed by atoms with E-state index in [1.54, 1.807) is 42.0 Å². The third kappa shape index (κ3) is 9.58. The molecule has 0 aliphatic carbocycles. The Kier molecular flexibility index (Phi) is 12.7. The van der Waals surface area contributed by atoms with Crippen LogP contribution in [0.2, 0.25) is 0 Å². The van der Waals surface area contributed by atoms with Gasteiger partial charge >= 0.3 is 0 Å². The van der Waals surface area contributed by atoms with Gasteiger partial charge in [0.1, 0.15) is 0 Å². The first-order chi connectivity index (χ1) is 28.3. The van der Waals surface area contributed by atoms with Crippen LogP contribution in [-0.4, -0.2) is 92.4 Å². The molecule has 0 unspecified atom stereocenters. The zero-order valence-corrected chi connectivity index (χ0v) is 35.6. The van der Waals surface area contributed by atoms with E-state index in [9.17, 15) is 8.42 Å². The lowest BCUT2D eigenvalue weighted by molar-refractivity contribution is 0.231. The normalized spacial score (nSPS) is 15.4. The molecular formula is C46H51BrN8O2S. The fraction of sp³-hybridized carbons (Fsp3) is 0.348. The van der Waals surface area contributed by atoms with E-state index in [1.165, 1.54) is 87.9 Å². The van der Waals surface area contributed by atoms with Crippen LogP contribution in [0.25, 0.3) is 44.7 Å². The zero-order valence-electron chi connectivity index (χ0n) is 33.2. The highest BCUT2D eigenvalue weighted by molar-refractivity contribution is 9.10. The molecule has 2 fully saturated rings. The van der Waals surface area contributed by atoms with Gasteiger partial charge in [-0.05, 0) is 121 Å². The first-order valence-electron chi connectivity index (χ1n) is 20.6. The largest absolute Gasteiger partial charge is 0.303 e. The SMILES string of the molecule is Brc1cnn2cc(-c3ccc(CCN4CCCCC4)cc3)cnc12.CCS(=O)(=O)c1cccc(-c2cnn3cc(-c4ccc(CCN5CCCCC5)cc4)cnc23)c1. The fourth-order valence-corrected chi connectivity index (χ4v) is 9.22. The predicted octanol–water partition coefficient (Wildman–Crippen LogP) is 9.07. The van der Waals surface area contributed by atoms with Crippen molar-refractivity contribution in [3.05, 3.63) is 126 Å². The van der Waals surface area contributed by atoms with E-state index >= 15 is 0 Å². The summed E-state index contributed by atoms with van der Waals surface area (Å²) in [5, 5.41) is 8.80. The number of sulfone groups is 1. The van der Waals surface area contributed by atoms with E-state index in [0.717, 1.165) is 57.3 Å². The Hall–Kier alpha value is -4.75. The second-order valence-electron chi connectivity index (χ2n) is 15.4. The molecule has 12 heteroatoms. The van der Waals surface area contributed by atoms with Gasteiger partial charge in [0.05, 0.1) is 27.5 Å². The molecule has 7 aromatic rings. The Morgan fingerprint density at radius 1 is 0.586 bits per heavy atom. The van der Waals surface area contributed by atoms with Crippen LogP contribution in [0.5, 0.6) is 0 Å². The van der Waals surface area contributed by atoms with Crippen LogP contribution in [0.15, 0.2) is 119 Å². The Balaban J connectivity index is 0.000000172. The molecule has 9 rings (SSSR count). The fourth-order valence-electron chi connectivity index (χ4n) is 7.91. The van der Waals surface area contributed by atoms with Crippen molar-refractivity contribution >= 4 is 37.1 Å². The van der Waals surface area contributed by atoms with Gasteiger partial charge in [0.2, 0.25) is 0 Å². The number of fused-ring (bicyclic) bond motifs is 2. The number of piperidine rings is 2. The Morgan fingerprint density at radius 3 is 1.66 bits per heavy atom. The Morgan fingerprint density at radius 2 is 1.10 bits per heavy atom. The number of aromatic nitrogens is 6. The van der Waals surface area contributed by atoms with Gasteiger partial charge in [-0.1, -0.05) is 80.4 Å². The highest BCUT2D eigenvalue weighted by Gasteiger charge is 2.16. The Bertz CT molecular complexity index is 2560. The van der Waals surface area contributed by atoms with Crippen molar-refractivity contribution in [3.8, 4) is 33.4 Å². The number of hydrogen-bond acceptors (Lipinski definition) is 8. The summed E-state index contributed by atoms with van der Waals surface area (Å²) in [6.45, 7) is 8.95. The second kappa shape index (κ2) is 18.4. The average molecular weight is 860 g/mol. The van der Waals surface area contributed by atoms with E-state index in [0.29, 0.717) is 10.5 Å². The first kappa shape index (κ1) is 40.0. The summed E-state index contributed by atoms with van der Waals surface area (Å²) in [7, 11) is -3.27. The lowest BCUT2D eigenvalue weighted by Crippen LogP contribution is -2.31. The van der Waals surface area contributed by atoms with Crippen molar-refractivity contribution in [2.45, 2.75) is 63.2 Å². The minimum atomic E-state index is -3.27. The molecule has 0 atom stereocenters. The summed E-state index contributed by atoms with van der Waals surface area (Å²) in [5.74, 6) is 0.0733. The van der Waals surface area contributed by atoms with Crippen molar-refractivity contribution in [1.29, 1.82) is 0 Å². The van der Waals surface area contributed by atoms with E-state index < -0.39 is 9.84 Å². The molecule has 2 saturated heterocycles. The van der Waals surface area contributed by atoms with Crippen LogP contribution < -0.4 is 0 Å². The molecule has 3 aromatic carbocycles. The number of likely N-dealkylation sites (tertiary alicyclic amines) is 2. The van der Waals surface area contributed by atoms with Gasteiger partial charge in [-0.3, -0.25) is 0 Å². The number of halogens is 1. The quantitative estimate of drug-likeness (QED) is 0.127. The van der Waals surface area contributed by atoms with Gasteiger partial charge in [0, 0.05) is 54.6 Å². The molecule has 0 saturated carbocycles. The highest BCUT2D eigenvalue weighted by atomic mass is 79.9. The third-order valence-corrected chi connectivity index (χ3v) is 13.8. The van der Waals surface area contributed by atoms with Crippen molar-refractivity contribution in [2.75, 3.05) is 45.0 Å². The predicted molar refractivity (Wildman–Crippen MR) is 236 cm³/mol. The average Bonchev–Trinajstić information content (AvgIpc) is 3.89. The van der Waals surface area contributed by atoms with Gasteiger partial charge < -0.3 is 9.80 Å². The molecule has 0 bridgehead atoms. The van der Waals surface area contributed by atoms with Crippen LogP contribution in [0.3, 0.4) is 0 Å². The van der Waals surface area contributed by atoms with E-state index in [1.807, 2.05) is 35.4 Å². The monoisotopic (exact) mass is 858 g/mol. The molecule has 0 N–H and O–H groups in total. The molecule has 2 aliphatic heterocycles. The number of rotatable bonds is 11. The maximum atomic E-state index is 12.3. The first-order valence-corrected chi connectivity index (χ1v) is 23.1. The van der Waals surface area contributed by atoms with E-state index in [4.69, 9.17) is 0 Å². The molecule has 2 aliphatic rings. The summed E-state index contributed by atoms with van der Waals surface area (Å²) in [6, 6.07) is 24.6. The topological polar surface area (TPSA) is 101 Å². The van der Waals surface area contributed by atoms with Crippen LogP contribution in [-0.2, 0) is 22.7 Å². The van der Waals surface area contributed by atoms with Crippen LogP contribution in [0, 0.1) is 0 Å². The number of nitrogens with zero attached hydrogens (tertiary/aromatic N) is 8. The van der Waals surface area contributed by atoms with Crippen molar-refractivity contribution < 1.29 is 8.42 Å². The van der Waals surface area contributed by atoms with Gasteiger partial charge in [-0.15, -0.1) is 0 Å². The van der Waals surface area contributed by atoms with E-state index in [-0.39, 0.29) is 5.75 Å². The maximum Gasteiger partial charge on any atom is 0.178 e. The molecule has 0 spiro atoms. The van der Waals surface area contributed by atoms with Gasteiger partial charge in [0.15, 0.2) is 21.1 Å². The summed E-state index contributed by atoms with van der Waals surface area (Å²) < 4.78 is 29.1. The van der Waals surface area contributed by atoms with Crippen molar-refractivity contribution in [2.24, 2.45) is 0 Å². The zero-order chi connectivity index (χ0) is 39.9. The van der Waals surface area contributed by atoms with Crippen molar-refractivity contribution in [3.63, 3.8) is 0 Å². The second-order valence-corrected chi connectivity index (χ2v) is 18.5. The van der Waals surface area contributed by atoms with Gasteiger partial charge in [0.25, 0.3) is 0 Å². The number of benzene rings is 3. The number of hydrogen-bond donors (Lipinski definition) is 0. The Labute approximate surface area is 350 Å². The molecule has 0 amide bonds. The summed E-state index contributed by atoms with van der Waals surface area (Å²) in [5.41, 5.74) is 10.3. The third-order valence-electron chi connectivity index (χ3n) is 11.5. The minimum absolute atomic E-state index is 0.0733. The van der Waals surface area contributed by atoms with Crippen LogP contribution >= 0.6 is 15.9 Å². The van der Waals surface area contributed by atoms with Crippen molar-refractivity contribution in [1.82, 2.24) is 39.0 Å². The van der Waals surface area contributed by atoms with Gasteiger partial charge in [-0.25, -0.2) is 27.4 Å². The standard InChI is InChI=1S/C27H30N4O2S.C19H21BrN4/c1-2-34(32,33)25-8-6-7-23(17-25)26-19-29-31-20-24(18-28-27(26)31)22-11-9-21(10-12-22)13-16-30-14-4-3-5-15-30;20-18-13-22-24-14-17(12-21-19(18)24)16-6-4-15(5-7-16)8-11-23-9-2-1-3-10-23/h6-12,17-20H,2-5,13-16H2,1H3;4-7,12-14H,1-3,8-11H2. The molecule has 300 valence electrons. The summed E-state index contributed by atoms with van der Waals surface area (Å²) in [6.07, 6.45) is 21.6. The molecule has 0 radical (unpaired) electrons. The lowest BCUT2D eigenvalue weighted by atomic mass is 10.0. The summed E-state index contributed by atoms with van der Waals surface area (Å²) in [4.78, 5) is 14.6. The maximum absolute atomic E-state index is 12.3. The highest BCUT2D eigenvalue weighted by Crippen LogP contribution is 2.28. The van der Waals surface area contributed by atoms with Crippen LogP contribution in [0.4, 0.5) is 0 Å². The van der Waals surface area contributed by atoms with Crippen LogP contribution in [0.1, 0.15) is 56.6 Å². The molecule has 58 heavy (non-hydrogen) atoms. The minimum Gasteiger partial charge on any atom is -0.303 e. The molecule has 4 aromatic heterocycles. The molecule has 10 nitrogen and oxygen atoms in total. The van der Waals surface area contributed by atoms with Gasteiger partial charge in [-0.2, -0.15) is 10.2 Å². The smallest absolute Gasteiger partial charge is 0.178 e.